The van der Waals surface area contributed by atoms with Crippen LogP contribution in [-0.2, 0) is 9.53 Å². The summed E-state index contributed by atoms with van der Waals surface area (Å²) in [4.78, 5) is 14.0. The number of likely N-dealkylation sites (tertiary alicyclic amines) is 1. The van der Waals surface area contributed by atoms with Gasteiger partial charge in [0.2, 0.25) is 0 Å². The molecule has 1 saturated heterocycles. The predicted octanol–water partition coefficient (Wildman–Crippen LogP) is 1.11. The van der Waals surface area contributed by atoms with Gasteiger partial charge in [0.1, 0.15) is 6.04 Å². The number of esters is 1. The first-order chi connectivity index (χ1) is 7.93. The average molecular weight is 242 g/mol. The van der Waals surface area contributed by atoms with Crippen molar-refractivity contribution in [3.8, 4) is 0 Å². The molecule has 0 aromatic heterocycles. The topological polar surface area (TPSA) is 41.6 Å². The maximum Gasteiger partial charge on any atom is 0.324 e. The van der Waals surface area contributed by atoms with Gasteiger partial charge in [-0.15, -0.1) is 0 Å². The van der Waals surface area contributed by atoms with E-state index in [2.05, 4.69) is 24.1 Å². The molecule has 1 rings (SSSR count). The third-order valence-corrected chi connectivity index (χ3v) is 3.52. The number of ether oxygens (including phenoxy) is 1. The van der Waals surface area contributed by atoms with Crippen molar-refractivity contribution in [2.45, 2.75) is 39.8 Å². The predicted molar refractivity (Wildman–Crippen MR) is 68.8 cm³/mol. The molecule has 4 nitrogen and oxygen atoms in total. The maximum atomic E-state index is 11.7. The van der Waals surface area contributed by atoms with E-state index in [-0.39, 0.29) is 18.1 Å². The van der Waals surface area contributed by atoms with E-state index in [4.69, 9.17) is 4.74 Å². The first-order valence-electron chi connectivity index (χ1n) is 6.50. The van der Waals surface area contributed by atoms with Crippen molar-refractivity contribution in [3.05, 3.63) is 0 Å². The number of nitrogens with one attached hydrogen (secondary N) is 1. The molecule has 3 atom stereocenters. The summed E-state index contributed by atoms with van der Waals surface area (Å²) in [7, 11) is 1.45. The minimum atomic E-state index is -0.211. The fourth-order valence-corrected chi connectivity index (χ4v) is 2.40. The number of hydrogen-bond acceptors (Lipinski definition) is 4. The molecule has 1 aliphatic rings. The Balaban J connectivity index is 2.51. The normalized spacial score (nSPS) is 27.4. The summed E-state index contributed by atoms with van der Waals surface area (Å²) in [6.07, 6.45) is 0. The smallest absolute Gasteiger partial charge is 0.324 e. The summed E-state index contributed by atoms with van der Waals surface area (Å²) in [5.41, 5.74) is 0. The number of nitrogens with zero attached hydrogens (tertiary/aromatic N) is 1. The maximum absolute atomic E-state index is 11.7. The van der Waals surface area contributed by atoms with Gasteiger partial charge >= 0.3 is 5.97 Å². The van der Waals surface area contributed by atoms with Crippen molar-refractivity contribution in [1.82, 2.24) is 10.2 Å². The first kappa shape index (κ1) is 14.5. The Morgan fingerprint density at radius 1 is 1.35 bits per heavy atom. The lowest BCUT2D eigenvalue weighted by Gasteiger charge is -2.24. The van der Waals surface area contributed by atoms with Gasteiger partial charge in [-0.05, 0) is 11.8 Å². The third kappa shape index (κ3) is 4.28. The van der Waals surface area contributed by atoms with Gasteiger partial charge in [-0.2, -0.15) is 0 Å². The molecule has 0 aromatic carbocycles. The van der Waals surface area contributed by atoms with Crippen molar-refractivity contribution in [2.24, 2.45) is 11.8 Å². The second-order valence-electron chi connectivity index (χ2n) is 5.57. The number of carbonyl (C=O) groups excluding carboxylic acids is 1. The monoisotopic (exact) mass is 242 g/mol. The summed E-state index contributed by atoms with van der Waals surface area (Å²) >= 11 is 0. The zero-order valence-electron chi connectivity index (χ0n) is 11.7. The Labute approximate surface area is 105 Å². The quantitative estimate of drug-likeness (QED) is 0.733. The molecule has 1 heterocycles. The summed E-state index contributed by atoms with van der Waals surface area (Å²) in [5, 5.41) is 3.27. The number of carbonyl (C=O) groups is 1. The van der Waals surface area contributed by atoms with Crippen LogP contribution in [0, 0.1) is 11.8 Å². The van der Waals surface area contributed by atoms with Gasteiger partial charge in [-0.25, -0.2) is 0 Å². The lowest BCUT2D eigenvalue weighted by atomic mass is 10.0. The second kappa shape index (κ2) is 6.36. The Morgan fingerprint density at radius 2 is 1.88 bits per heavy atom. The van der Waals surface area contributed by atoms with Crippen LogP contribution in [0.5, 0.6) is 0 Å². The summed E-state index contributed by atoms with van der Waals surface area (Å²) in [6.45, 7) is 11.5. The second-order valence-corrected chi connectivity index (χ2v) is 5.57. The standard InChI is InChI=1S/C13H26N2O2/c1-9(2)14-12(13(16)17-5)8-15-6-10(3)11(4)7-15/h9-12,14H,6-8H2,1-5H3. The van der Waals surface area contributed by atoms with Crippen LogP contribution in [0.1, 0.15) is 27.7 Å². The van der Waals surface area contributed by atoms with Gasteiger partial charge in [0.05, 0.1) is 7.11 Å². The minimum Gasteiger partial charge on any atom is -0.468 e. The van der Waals surface area contributed by atoms with Crippen molar-refractivity contribution in [3.63, 3.8) is 0 Å². The highest BCUT2D eigenvalue weighted by atomic mass is 16.5. The molecule has 1 aliphatic heterocycles. The average Bonchev–Trinajstić information content (AvgIpc) is 2.55. The fraction of sp³-hybridized carbons (Fsp3) is 0.923. The van der Waals surface area contributed by atoms with Gasteiger partial charge in [0, 0.05) is 25.7 Å². The van der Waals surface area contributed by atoms with E-state index in [9.17, 15) is 4.79 Å². The van der Waals surface area contributed by atoms with Crippen LogP contribution in [-0.4, -0.2) is 49.7 Å². The Bertz CT molecular complexity index is 246. The van der Waals surface area contributed by atoms with E-state index >= 15 is 0 Å². The molecular formula is C13H26N2O2. The summed E-state index contributed by atoms with van der Waals surface area (Å²) in [5.74, 6) is 1.27. The highest BCUT2D eigenvalue weighted by Gasteiger charge is 2.30. The molecule has 17 heavy (non-hydrogen) atoms. The molecule has 3 unspecified atom stereocenters. The van der Waals surface area contributed by atoms with Crippen LogP contribution in [0.15, 0.2) is 0 Å². The summed E-state index contributed by atoms with van der Waals surface area (Å²) < 4.78 is 4.85. The fourth-order valence-electron chi connectivity index (χ4n) is 2.40. The minimum absolute atomic E-state index is 0.161. The molecule has 100 valence electrons. The number of rotatable bonds is 5. The molecule has 0 saturated carbocycles. The van der Waals surface area contributed by atoms with Gasteiger partial charge in [0.25, 0.3) is 0 Å². The Hall–Kier alpha value is -0.610. The highest BCUT2D eigenvalue weighted by molar-refractivity contribution is 5.76. The van der Waals surface area contributed by atoms with E-state index in [1.54, 1.807) is 0 Å². The van der Waals surface area contributed by atoms with Gasteiger partial charge in [-0.3, -0.25) is 4.79 Å². The highest BCUT2D eigenvalue weighted by Crippen LogP contribution is 2.22. The van der Waals surface area contributed by atoms with Crippen LogP contribution in [0.25, 0.3) is 0 Å². The molecule has 0 spiro atoms. The summed E-state index contributed by atoms with van der Waals surface area (Å²) in [6, 6.07) is 0.0778. The lowest BCUT2D eigenvalue weighted by molar-refractivity contribution is -0.143. The van der Waals surface area contributed by atoms with Crippen molar-refractivity contribution < 1.29 is 9.53 Å². The molecule has 1 N–H and O–H groups in total. The van der Waals surface area contributed by atoms with Crippen LogP contribution in [0.4, 0.5) is 0 Å². The molecule has 0 bridgehead atoms. The molecular weight excluding hydrogens is 216 g/mol. The molecule has 0 radical (unpaired) electrons. The van der Waals surface area contributed by atoms with Gasteiger partial charge < -0.3 is 15.0 Å². The van der Waals surface area contributed by atoms with Crippen LogP contribution >= 0.6 is 0 Å². The number of methoxy groups -OCH3 is 1. The van der Waals surface area contributed by atoms with Crippen LogP contribution in [0.3, 0.4) is 0 Å². The van der Waals surface area contributed by atoms with E-state index in [1.807, 2.05) is 13.8 Å². The van der Waals surface area contributed by atoms with Crippen molar-refractivity contribution in [1.29, 1.82) is 0 Å². The largest absolute Gasteiger partial charge is 0.468 e. The van der Waals surface area contributed by atoms with E-state index in [0.29, 0.717) is 11.8 Å². The van der Waals surface area contributed by atoms with Gasteiger partial charge in [0.15, 0.2) is 0 Å². The Kier molecular flexibility index (Phi) is 5.40. The lowest BCUT2D eigenvalue weighted by Crippen LogP contribution is -2.48. The van der Waals surface area contributed by atoms with E-state index in [0.717, 1.165) is 19.6 Å². The van der Waals surface area contributed by atoms with Crippen LogP contribution in [0.2, 0.25) is 0 Å². The third-order valence-electron chi connectivity index (χ3n) is 3.52. The molecule has 0 amide bonds. The van der Waals surface area contributed by atoms with E-state index < -0.39 is 0 Å². The zero-order valence-corrected chi connectivity index (χ0v) is 11.7. The van der Waals surface area contributed by atoms with Crippen molar-refractivity contribution >= 4 is 5.97 Å². The number of hydrogen-bond donors (Lipinski definition) is 1. The Morgan fingerprint density at radius 3 is 2.29 bits per heavy atom. The van der Waals surface area contributed by atoms with Gasteiger partial charge in [-0.1, -0.05) is 27.7 Å². The van der Waals surface area contributed by atoms with Crippen LogP contribution < -0.4 is 5.32 Å². The SMILES string of the molecule is COC(=O)C(CN1CC(C)C(C)C1)NC(C)C. The molecule has 1 fully saturated rings. The first-order valence-corrected chi connectivity index (χ1v) is 6.50. The zero-order chi connectivity index (χ0) is 13.0. The molecule has 0 aliphatic carbocycles. The molecule has 4 heteroatoms. The molecule has 0 aromatic rings. The van der Waals surface area contributed by atoms with Crippen molar-refractivity contribution in [2.75, 3.05) is 26.7 Å². The van der Waals surface area contributed by atoms with E-state index in [1.165, 1.54) is 7.11 Å².